The van der Waals surface area contributed by atoms with Crippen LogP contribution < -0.4 is 0 Å². The van der Waals surface area contributed by atoms with Gasteiger partial charge in [-0.25, -0.2) is 0 Å². The third-order valence-electron chi connectivity index (χ3n) is 11.2. The molecular formula is C62H100O6. The first-order chi connectivity index (χ1) is 33.5. The fourth-order valence-electron chi connectivity index (χ4n) is 7.10. The second kappa shape index (κ2) is 55.4. The van der Waals surface area contributed by atoms with Gasteiger partial charge in [0.05, 0.1) is 0 Å². The van der Waals surface area contributed by atoms with E-state index in [0.29, 0.717) is 25.7 Å². The summed E-state index contributed by atoms with van der Waals surface area (Å²) in [6.45, 7) is 6.33. The van der Waals surface area contributed by atoms with Gasteiger partial charge in [0.1, 0.15) is 13.2 Å². The molecule has 1 atom stereocenters. The Balaban J connectivity index is 4.54. The van der Waals surface area contributed by atoms with Crippen molar-refractivity contribution in [1.82, 2.24) is 0 Å². The summed E-state index contributed by atoms with van der Waals surface area (Å²) in [5.41, 5.74) is 0. The van der Waals surface area contributed by atoms with E-state index in [-0.39, 0.29) is 31.1 Å². The number of esters is 3. The number of carbonyl (C=O) groups excluding carboxylic acids is 3. The summed E-state index contributed by atoms with van der Waals surface area (Å²) >= 11 is 0. The average molecular weight is 941 g/mol. The van der Waals surface area contributed by atoms with E-state index in [1.807, 2.05) is 0 Å². The molecule has 0 aliphatic heterocycles. The lowest BCUT2D eigenvalue weighted by Crippen LogP contribution is -2.30. The minimum atomic E-state index is -0.817. The molecule has 6 heteroatoms. The zero-order chi connectivity index (χ0) is 49.3. The van der Waals surface area contributed by atoms with Gasteiger partial charge in [-0.15, -0.1) is 0 Å². The van der Waals surface area contributed by atoms with Crippen molar-refractivity contribution >= 4 is 17.9 Å². The van der Waals surface area contributed by atoms with E-state index in [1.54, 1.807) is 0 Å². The van der Waals surface area contributed by atoms with Crippen molar-refractivity contribution in [2.75, 3.05) is 13.2 Å². The zero-order valence-corrected chi connectivity index (χ0v) is 43.8. The highest BCUT2D eigenvalue weighted by Crippen LogP contribution is 2.13. The van der Waals surface area contributed by atoms with Crippen LogP contribution in [0, 0.1) is 0 Å². The lowest BCUT2D eigenvalue weighted by Gasteiger charge is -2.18. The maximum absolute atomic E-state index is 12.8. The summed E-state index contributed by atoms with van der Waals surface area (Å²) in [7, 11) is 0. The minimum absolute atomic E-state index is 0.115. The van der Waals surface area contributed by atoms with Gasteiger partial charge < -0.3 is 14.2 Å². The van der Waals surface area contributed by atoms with Crippen LogP contribution >= 0.6 is 0 Å². The Bertz CT molecular complexity index is 1450. The van der Waals surface area contributed by atoms with Crippen LogP contribution in [0.1, 0.15) is 233 Å². The first-order valence-electron chi connectivity index (χ1n) is 27.5. The molecule has 0 amide bonds. The first kappa shape index (κ1) is 63.8. The van der Waals surface area contributed by atoms with Gasteiger partial charge in [-0.1, -0.05) is 206 Å². The van der Waals surface area contributed by atoms with Crippen molar-refractivity contribution in [3.05, 3.63) is 122 Å². The second-order valence-electron chi connectivity index (χ2n) is 17.7. The second-order valence-corrected chi connectivity index (χ2v) is 17.7. The first-order valence-corrected chi connectivity index (χ1v) is 27.5. The largest absolute Gasteiger partial charge is 0.462 e. The Morgan fingerprint density at radius 2 is 0.574 bits per heavy atom. The Morgan fingerprint density at radius 3 is 0.956 bits per heavy atom. The molecule has 68 heavy (non-hydrogen) atoms. The molecule has 0 spiro atoms. The number of unbranched alkanes of at least 4 members (excludes halogenated alkanes) is 17. The number of hydrogen-bond donors (Lipinski definition) is 0. The summed E-state index contributed by atoms with van der Waals surface area (Å²) in [5, 5.41) is 0. The summed E-state index contributed by atoms with van der Waals surface area (Å²) in [5.74, 6) is -0.998. The monoisotopic (exact) mass is 941 g/mol. The van der Waals surface area contributed by atoms with Gasteiger partial charge in [0, 0.05) is 19.3 Å². The summed E-state index contributed by atoms with van der Waals surface area (Å²) in [6.07, 6.45) is 76.1. The maximum atomic E-state index is 12.8. The van der Waals surface area contributed by atoms with Crippen molar-refractivity contribution in [3.63, 3.8) is 0 Å². The van der Waals surface area contributed by atoms with Gasteiger partial charge in [0.2, 0.25) is 0 Å². The molecule has 0 rings (SSSR count). The molecular weight excluding hydrogens is 841 g/mol. The average Bonchev–Trinajstić information content (AvgIpc) is 3.34. The lowest BCUT2D eigenvalue weighted by molar-refractivity contribution is -0.167. The molecule has 0 aromatic rings. The van der Waals surface area contributed by atoms with Crippen LogP contribution in [0.5, 0.6) is 0 Å². The molecule has 0 N–H and O–H groups in total. The fraction of sp³-hybridized carbons (Fsp3) is 0.629. The zero-order valence-electron chi connectivity index (χ0n) is 43.8. The van der Waals surface area contributed by atoms with E-state index >= 15 is 0 Å². The van der Waals surface area contributed by atoms with Gasteiger partial charge in [0.25, 0.3) is 0 Å². The quantitative estimate of drug-likeness (QED) is 0.0262. The lowest BCUT2D eigenvalue weighted by atomic mass is 10.1. The molecule has 0 radical (unpaired) electrons. The molecule has 0 fully saturated rings. The molecule has 384 valence electrons. The Morgan fingerprint density at radius 1 is 0.309 bits per heavy atom. The topological polar surface area (TPSA) is 78.9 Å². The predicted molar refractivity (Wildman–Crippen MR) is 293 cm³/mol. The molecule has 6 nitrogen and oxygen atoms in total. The highest BCUT2D eigenvalue weighted by molar-refractivity contribution is 5.71. The molecule has 1 unspecified atom stereocenters. The van der Waals surface area contributed by atoms with Crippen molar-refractivity contribution in [3.8, 4) is 0 Å². The van der Waals surface area contributed by atoms with Crippen LogP contribution in [0.25, 0.3) is 0 Å². The summed E-state index contributed by atoms with van der Waals surface area (Å²) in [4.78, 5) is 38.1. The van der Waals surface area contributed by atoms with Crippen molar-refractivity contribution in [2.45, 2.75) is 239 Å². The van der Waals surface area contributed by atoms with Crippen molar-refractivity contribution < 1.29 is 28.6 Å². The van der Waals surface area contributed by atoms with Gasteiger partial charge in [-0.05, 0) is 128 Å². The molecule has 0 aromatic carbocycles. The number of allylic oxidation sites excluding steroid dienone is 20. The maximum Gasteiger partial charge on any atom is 0.306 e. The third kappa shape index (κ3) is 52.8. The molecule has 0 heterocycles. The number of ether oxygens (including phenoxy) is 3. The van der Waals surface area contributed by atoms with Crippen LogP contribution in [-0.4, -0.2) is 37.2 Å². The molecule has 0 bridgehead atoms. The number of hydrogen-bond acceptors (Lipinski definition) is 6. The normalized spacial score (nSPS) is 13.0. The predicted octanol–water partition coefficient (Wildman–Crippen LogP) is 18.5. The van der Waals surface area contributed by atoms with Gasteiger partial charge in [0.15, 0.2) is 6.10 Å². The Kier molecular flexibility index (Phi) is 52.0. The van der Waals surface area contributed by atoms with Crippen LogP contribution in [0.3, 0.4) is 0 Å². The van der Waals surface area contributed by atoms with E-state index in [0.717, 1.165) is 128 Å². The van der Waals surface area contributed by atoms with E-state index < -0.39 is 6.10 Å². The van der Waals surface area contributed by atoms with Crippen molar-refractivity contribution in [2.24, 2.45) is 0 Å². The number of rotatable bonds is 48. The number of carbonyl (C=O) groups is 3. The molecule has 0 aromatic heterocycles. The SMILES string of the molecule is CC/C=C\C/C=C\C/C=C\C/C=C\C/C=C\CCCCCC(=O)OCC(COC(=O)CCCC/C=C\C/C=C\C/C=C\C/C=C\CC)OC(=O)CCCCCCC/C=C\CCCCCCCCC. The van der Waals surface area contributed by atoms with E-state index in [4.69, 9.17) is 14.2 Å². The molecule has 0 aliphatic rings. The molecule has 0 aliphatic carbocycles. The summed E-state index contributed by atoms with van der Waals surface area (Å²) in [6, 6.07) is 0. The third-order valence-corrected chi connectivity index (χ3v) is 11.2. The van der Waals surface area contributed by atoms with Crippen LogP contribution in [0.4, 0.5) is 0 Å². The van der Waals surface area contributed by atoms with Gasteiger partial charge >= 0.3 is 17.9 Å². The Hall–Kier alpha value is -4.19. The smallest absolute Gasteiger partial charge is 0.306 e. The van der Waals surface area contributed by atoms with E-state index in [9.17, 15) is 14.4 Å². The van der Waals surface area contributed by atoms with Crippen LogP contribution in [0.15, 0.2) is 122 Å². The highest BCUT2D eigenvalue weighted by Gasteiger charge is 2.19. The highest BCUT2D eigenvalue weighted by atomic mass is 16.6. The van der Waals surface area contributed by atoms with Crippen LogP contribution in [-0.2, 0) is 28.6 Å². The minimum Gasteiger partial charge on any atom is -0.462 e. The van der Waals surface area contributed by atoms with Crippen LogP contribution in [0.2, 0.25) is 0 Å². The van der Waals surface area contributed by atoms with Gasteiger partial charge in [-0.2, -0.15) is 0 Å². The van der Waals surface area contributed by atoms with Crippen molar-refractivity contribution in [1.29, 1.82) is 0 Å². The van der Waals surface area contributed by atoms with Gasteiger partial charge in [-0.3, -0.25) is 14.4 Å². The summed E-state index contributed by atoms with van der Waals surface area (Å²) < 4.78 is 16.8. The standard InChI is InChI=1S/C62H100O6/c1-4-7-10-13-16-19-22-25-28-30-31-32-35-37-40-43-46-49-52-55-61(64)67-58-59(57-66-60(63)54-51-48-45-42-39-36-33-27-24-21-18-15-12-9-6-3)68-62(65)56-53-50-47-44-41-38-34-29-26-23-20-17-14-11-8-5-2/h7,9-10,12,16,18-19,21,25,27-29,31-34,37,39-40,42,59H,4-6,8,11,13-15,17,20,22-24,26,30,35-36,38,41,43-58H2,1-3H3/b10-7-,12-9-,19-16-,21-18-,28-25-,32-31-,33-27-,34-29-,40-37-,42-39-. The van der Waals surface area contributed by atoms with E-state index in [1.165, 1.54) is 57.8 Å². The molecule has 0 saturated heterocycles. The van der Waals surface area contributed by atoms with E-state index in [2.05, 4.69) is 142 Å². The molecule has 0 saturated carbocycles. The fourth-order valence-corrected chi connectivity index (χ4v) is 7.10. The Labute approximate surface area is 418 Å².